The van der Waals surface area contributed by atoms with Crippen molar-refractivity contribution >= 4 is 27.5 Å². The second kappa shape index (κ2) is 6.33. The number of carbonyl (C=O) groups excluding carboxylic acids is 1. The topological polar surface area (TPSA) is 71.8 Å². The third-order valence-electron chi connectivity index (χ3n) is 2.48. The number of likely N-dealkylation sites (N-methyl/N-ethyl adjacent to an activating group) is 1. The van der Waals surface area contributed by atoms with Crippen LogP contribution in [-0.2, 0) is 17.9 Å². The van der Waals surface area contributed by atoms with Crippen LogP contribution in [-0.4, -0.2) is 27.7 Å². The van der Waals surface area contributed by atoms with Crippen LogP contribution in [0.5, 0.6) is 0 Å². The third-order valence-corrected chi connectivity index (χ3v) is 2.91. The summed E-state index contributed by atoms with van der Waals surface area (Å²) in [4.78, 5) is 15.3. The van der Waals surface area contributed by atoms with E-state index < -0.39 is 0 Å². The molecule has 6 nitrogen and oxygen atoms in total. The van der Waals surface area contributed by atoms with Gasteiger partial charge in [0.25, 0.3) is 0 Å². The number of rotatable bonds is 5. The van der Waals surface area contributed by atoms with Crippen LogP contribution in [0.2, 0.25) is 0 Å². The van der Waals surface area contributed by atoms with Crippen molar-refractivity contribution < 1.29 is 4.79 Å². The number of amides is 1. The van der Waals surface area contributed by atoms with E-state index in [0.29, 0.717) is 6.54 Å². The second-order valence-electron chi connectivity index (χ2n) is 3.96. The van der Waals surface area contributed by atoms with Crippen LogP contribution >= 0.6 is 15.9 Å². The summed E-state index contributed by atoms with van der Waals surface area (Å²) in [5.74, 6) is -0.0779. The minimum absolute atomic E-state index is 0.0779. The number of carbonyl (C=O) groups is 1. The van der Waals surface area contributed by atoms with Gasteiger partial charge in [0.05, 0.1) is 11.9 Å². The average molecular weight is 324 g/mol. The zero-order chi connectivity index (χ0) is 13.7. The van der Waals surface area contributed by atoms with Crippen LogP contribution in [0.4, 0.5) is 5.69 Å². The standard InChI is InChI=1S/C12H14BrN5O/c1-14-12(19)8-18-7-11(6-17-18)16-4-9-2-10(13)5-15-3-9/h2-3,5-7,16H,4,8H2,1H3,(H,14,19). The Kier molecular flexibility index (Phi) is 4.51. The zero-order valence-electron chi connectivity index (χ0n) is 10.4. The van der Waals surface area contributed by atoms with Gasteiger partial charge in [0.1, 0.15) is 6.54 Å². The van der Waals surface area contributed by atoms with Crippen molar-refractivity contribution in [1.29, 1.82) is 0 Å². The molecule has 0 fully saturated rings. The zero-order valence-corrected chi connectivity index (χ0v) is 12.0. The Morgan fingerprint density at radius 3 is 3.00 bits per heavy atom. The minimum Gasteiger partial charge on any atom is -0.378 e. The molecule has 2 rings (SSSR count). The SMILES string of the molecule is CNC(=O)Cn1cc(NCc2cncc(Br)c2)cn1. The summed E-state index contributed by atoms with van der Waals surface area (Å²) in [6, 6.07) is 1.99. The Balaban J connectivity index is 1.91. The molecule has 0 saturated carbocycles. The summed E-state index contributed by atoms with van der Waals surface area (Å²) in [6.07, 6.45) is 7.02. The molecule has 7 heteroatoms. The molecular formula is C12H14BrN5O. The lowest BCUT2D eigenvalue weighted by Crippen LogP contribution is -2.23. The minimum atomic E-state index is -0.0779. The predicted octanol–water partition coefficient (Wildman–Crippen LogP) is 1.40. The smallest absolute Gasteiger partial charge is 0.241 e. The van der Waals surface area contributed by atoms with Gasteiger partial charge in [-0.25, -0.2) is 0 Å². The molecular weight excluding hydrogens is 310 g/mol. The van der Waals surface area contributed by atoms with E-state index in [-0.39, 0.29) is 12.5 Å². The molecule has 2 N–H and O–H groups in total. The molecule has 0 saturated heterocycles. The van der Waals surface area contributed by atoms with Crippen LogP contribution in [0.3, 0.4) is 0 Å². The van der Waals surface area contributed by atoms with E-state index in [1.807, 2.05) is 6.07 Å². The summed E-state index contributed by atoms with van der Waals surface area (Å²) in [5, 5.41) is 9.88. The number of anilines is 1. The van der Waals surface area contributed by atoms with E-state index in [1.54, 1.807) is 36.5 Å². The molecule has 0 aliphatic carbocycles. The van der Waals surface area contributed by atoms with Crippen molar-refractivity contribution in [2.75, 3.05) is 12.4 Å². The highest BCUT2D eigenvalue weighted by Crippen LogP contribution is 2.12. The lowest BCUT2D eigenvalue weighted by Gasteiger charge is -2.03. The number of aromatic nitrogens is 3. The molecule has 2 aromatic heterocycles. The van der Waals surface area contributed by atoms with Crippen LogP contribution in [0, 0.1) is 0 Å². The lowest BCUT2D eigenvalue weighted by atomic mass is 10.3. The first-order chi connectivity index (χ1) is 9.17. The Morgan fingerprint density at radius 2 is 2.26 bits per heavy atom. The number of pyridine rings is 1. The van der Waals surface area contributed by atoms with E-state index in [4.69, 9.17) is 0 Å². The molecule has 0 aliphatic rings. The molecule has 0 atom stereocenters. The average Bonchev–Trinajstić information content (AvgIpc) is 2.84. The fourth-order valence-electron chi connectivity index (χ4n) is 1.52. The fourth-order valence-corrected chi connectivity index (χ4v) is 1.94. The van der Waals surface area contributed by atoms with Crippen LogP contribution in [0.25, 0.3) is 0 Å². The maximum atomic E-state index is 11.2. The van der Waals surface area contributed by atoms with Gasteiger partial charge in [-0.3, -0.25) is 14.5 Å². The highest BCUT2D eigenvalue weighted by Gasteiger charge is 2.03. The van der Waals surface area contributed by atoms with E-state index in [0.717, 1.165) is 15.7 Å². The monoisotopic (exact) mass is 323 g/mol. The fraction of sp³-hybridized carbons (Fsp3) is 0.250. The Labute approximate surface area is 119 Å². The summed E-state index contributed by atoms with van der Waals surface area (Å²) < 4.78 is 2.53. The number of nitrogens with one attached hydrogen (secondary N) is 2. The summed E-state index contributed by atoms with van der Waals surface area (Å²) >= 11 is 3.38. The summed E-state index contributed by atoms with van der Waals surface area (Å²) in [6.45, 7) is 0.870. The van der Waals surface area contributed by atoms with Crippen LogP contribution in [0.1, 0.15) is 5.56 Å². The second-order valence-corrected chi connectivity index (χ2v) is 4.88. The highest BCUT2D eigenvalue weighted by atomic mass is 79.9. The van der Waals surface area contributed by atoms with Gasteiger partial charge in [-0.15, -0.1) is 0 Å². The van der Waals surface area contributed by atoms with E-state index in [2.05, 4.69) is 36.6 Å². The largest absolute Gasteiger partial charge is 0.378 e. The van der Waals surface area contributed by atoms with Gasteiger partial charge in [0.2, 0.25) is 5.91 Å². The maximum Gasteiger partial charge on any atom is 0.241 e. The van der Waals surface area contributed by atoms with Crippen LogP contribution < -0.4 is 10.6 Å². The third kappa shape index (κ3) is 4.06. The molecule has 0 radical (unpaired) electrons. The van der Waals surface area contributed by atoms with Gasteiger partial charge in [-0.2, -0.15) is 5.10 Å². The van der Waals surface area contributed by atoms with Crippen LogP contribution in [0.15, 0.2) is 35.3 Å². The molecule has 0 bridgehead atoms. The van der Waals surface area contributed by atoms with Crippen molar-refractivity contribution in [1.82, 2.24) is 20.1 Å². The Bertz CT molecular complexity index is 569. The molecule has 100 valence electrons. The summed E-state index contributed by atoms with van der Waals surface area (Å²) in [5.41, 5.74) is 1.93. The molecule has 0 spiro atoms. The van der Waals surface area contributed by atoms with Gasteiger partial charge in [-0.05, 0) is 27.6 Å². The molecule has 2 heterocycles. The normalized spacial score (nSPS) is 10.2. The van der Waals surface area contributed by atoms with Gasteiger partial charge < -0.3 is 10.6 Å². The van der Waals surface area contributed by atoms with Crippen molar-refractivity contribution in [3.05, 3.63) is 40.9 Å². The maximum absolute atomic E-state index is 11.2. The first-order valence-corrected chi connectivity index (χ1v) is 6.53. The number of halogens is 1. The molecule has 1 amide bonds. The summed E-state index contributed by atoms with van der Waals surface area (Å²) in [7, 11) is 1.60. The highest BCUT2D eigenvalue weighted by molar-refractivity contribution is 9.10. The van der Waals surface area contributed by atoms with Gasteiger partial charge in [0, 0.05) is 36.7 Å². The molecule has 0 aliphatic heterocycles. The van der Waals surface area contributed by atoms with E-state index >= 15 is 0 Å². The Morgan fingerprint density at radius 1 is 1.42 bits per heavy atom. The number of nitrogens with zero attached hydrogens (tertiary/aromatic N) is 3. The van der Waals surface area contributed by atoms with Crippen molar-refractivity contribution in [2.24, 2.45) is 0 Å². The van der Waals surface area contributed by atoms with Gasteiger partial charge in [-0.1, -0.05) is 0 Å². The van der Waals surface area contributed by atoms with Gasteiger partial charge >= 0.3 is 0 Å². The van der Waals surface area contributed by atoms with Gasteiger partial charge in [0.15, 0.2) is 0 Å². The quantitative estimate of drug-likeness (QED) is 0.872. The number of hydrogen-bond donors (Lipinski definition) is 2. The molecule has 2 aromatic rings. The Hall–Kier alpha value is -1.89. The lowest BCUT2D eigenvalue weighted by molar-refractivity contribution is -0.121. The molecule has 0 aromatic carbocycles. The predicted molar refractivity (Wildman–Crippen MR) is 75.6 cm³/mol. The number of hydrogen-bond acceptors (Lipinski definition) is 4. The molecule has 19 heavy (non-hydrogen) atoms. The van der Waals surface area contributed by atoms with E-state index in [9.17, 15) is 4.79 Å². The first kappa shape index (κ1) is 13.5. The molecule has 0 unspecified atom stereocenters. The van der Waals surface area contributed by atoms with E-state index in [1.165, 1.54) is 0 Å². The van der Waals surface area contributed by atoms with Crippen molar-refractivity contribution in [3.8, 4) is 0 Å². The van der Waals surface area contributed by atoms with Crippen molar-refractivity contribution in [2.45, 2.75) is 13.1 Å². The first-order valence-electron chi connectivity index (χ1n) is 5.73. The van der Waals surface area contributed by atoms with Crippen molar-refractivity contribution in [3.63, 3.8) is 0 Å².